The third-order valence-corrected chi connectivity index (χ3v) is 6.10. The number of halogens is 1. The molecule has 4 rings (SSSR count). The summed E-state index contributed by atoms with van der Waals surface area (Å²) in [6, 6.07) is 13.7. The topological polar surface area (TPSA) is 69.9 Å². The van der Waals surface area contributed by atoms with Gasteiger partial charge >= 0.3 is 11.3 Å². The fourth-order valence-electron chi connectivity index (χ4n) is 3.65. The van der Waals surface area contributed by atoms with Crippen LogP contribution in [-0.2, 0) is 11.2 Å². The van der Waals surface area contributed by atoms with Gasteiger partial charge in [-0.05, 0) is 53.3 Å². The van der Waals surface area contributed by atoms with Gasteiger partial charge < -0.3 is 0 Å². The number of nitrogens with one attached hydrogen (secondary N) is 1. The number of rotatable bonds is 3. The van der Waals surface area contributed by atoms with Gasteiger partial charge in [-0.2, -0.15) is 0 Å². The molecular weight excluding hydrogens is 452 g/mol. The minimum Gasteiger partial charge on any atom is -0.291 e. The standard InChI is InChI=1S/C21H19BrN4O2S/c1-4-13-5-7-14(8-6-13)20-25(12(2)27)17-10-9-15(22)11-16(17)18-19(28)23-21(29-3)24-26(18)20/h5-11,20H,4H2,1-3H3/p+1/t20-/m1/s1. The summed E-state index contributed by atoms with van der Waals surface area (Å²) >= 11 is 4.83. The highest BCUT2D eigenvalue weighted by Crippen LogP contribution is 2.38. The van der Waals surface area contributed by atoms with E-state index >= 15 is 0 Å². The second-order valence-corrected chi connectivity index (χ2v) is 8.49. The Morgan fingerprint density at radius 2 is 2.00 bits per heavy atom. The van der Waals surface area contributed by atoms with E-state index in [1.165, 1.54) is 24.2 Å². The average Bonchev–Trinajstić information content (AvgIpc) is 2.72. The monoisotopic (exact) mass is 471 g/mol. The van der Waals surface area contributed by atoms with Crippen LogP contribution in [0.3, 0.4) is 0 Å². The summed E-state index contributed by atoms with van der Waals surface area (Å²) in [5.74, 6) is -0.121. The molecule has 8 heteroatoms. The Morgan fingerprint density at radius 1 is 1.28 bits per heavy atom. The van der Waals surface area contributed by atoms with Crippen LogP contribution in [0.4, 0.5) is 5.69 Å². The molecule has 0 aliphatic carbocycles. The van der Waals surface area contributed by atoms with Gasteiger partial charge in [-0.15, -0.1) is 0 Å². The van der Waals surface area contributed by atoms with E-state index in [9.17, 15) is 9.59 Å². The molecule has 148 valence electrons. The van der Waals surface area contributed by atoms with E-state index in [-0.39, 0.29) is 11.5 Å². The Balaban J connectivity index is 2.06. The second kappa shape index (κ2) is 7.76. The summed E-state index contributed by atoms with van der Waals surface area (Å²) in [4.78, 5) is 30.3. The van der Waals surface area contributed by atoms with Crippen LogP contribution in [0.15, 0.2) is 56.9 Å². The van der Waals surface area contributed by atoms with Crippen LogP contribution in [0.5, 0.6) is 0 Å². The third-order valence-electron chi connectivity index (χ3n) is 5.03. The van der Waals surface area contributed by atoms with Crippen LogP contribution < -0.4 is 15.1 Å². The predicted molar refractivity (Wildman–Crippen MR) is 117 cm³/mol. The highest BCUT2D eigenvalue weighted by molar-refractivity contribution is 9.10. The zero-order valence-corrected chi connectivity index (χ0v) is 18.7. The van der Waals surface area contributed by atoms with Crippen LogP contribution >= 0.6 is 27.7 Å². The minimum atomic E-state index is -0.546. The number of nitrogens with zero attached hydrogens (tertiary/aromatic N) is 3. The van der Waals surface area contributed by atoms with Gasteiger partial charge in [0.15, 0.2) is 0 Å². The SMILES string of the molecule is CCc1ccc([C@@H]2N(C(C)=O)c3ccc(Br)cc3-c3c(=O)[nH]c(SC)n[n+]32)cc1. The number of fused-ring (bicyclic) bond motifs is 3. The normalized spacial score (nSPS) is 15.0. The summed E-state index contributed by atoms with van der Waals surface area (Å²) in [6.07, 6.45) is 2.23. The third kappa shape index (κ3) is 3.40. The van der Waals surface area contributed by atoms with E-state index in [1.807, 2.05) is 48.7 Å². The number of amides is 1. The van der Waals surface area contributed by atoms with Crippen molar-refractivity contribution in [2.45, 2.75) is 31.6 Å². The number of carbonyl (C=O) groups excluding carboxylic acids is 1. The molecule has 29 heavy (non-hydrogen) atoms. The van der Waals surface area contributed by atoms with Crippen LogP contribution in [-0.4, -0.2) is 22.2 Å². The molecule has 0 spiro atoms. The number of thioether (sulfide) groups is 1. The van der Waals surface area contributed by atoms with Gasteiger partial charge in [-0.25, -0.2) is 4.90 Å². The smallest absolute Gasteiger partial charge is 0.291 e. The molecule has 3 aromatic rings. The first-order chi connectivity index (χ1) is 13.9. The minimum absolute atomic E-state index is 0.121. The largest absolute Gasteiger partial charge is 0.325 e. The first kappa shape index (κ1) is 19.8. The van der Waals surface area contributed by atoms with Crippen LogP contribution in [0.1, 0.15) is 31.1 Å². The number of carbonyl (C=O) groups is 1. The van der Waals surface area contributed by atoms with Crippen molar-refractivity contribution >= 4 is 39.3 Å². The van der Waals surface area contributed by atoms with E-state index in [0.29, 0.717) is 22.1 Å². The van der Waals surface area contributed by atoms with Gasteiger partial charge in [0.2, 0.25) is 11.1 Å². The van der Waals surface area contributed by atoms with E-state index in [2.05, 4.69) is 32.9 Å². The molecule has 0 unspecified atom stereocenters. The zero-order valence-electron chi connectivity index (χ0n) is 16.3. The molecule has 0 bridgehead atoms. The second-order valence-electron chi connectivity index (χ2n) is 6.78. The van der Waals surface area contributed by atoms with E-state index in [4.69, 9.17) is 0 Å². The molecule has 2 aromatic carbocycles. The maximum Gasteiger partial charge on any atom is 0.325 e. The molecule has 0 fully saturated rings. The quantitative estimate of drug-likeness (QED) is 0.467. The van der Waals surface area contributed by atoms with Gasteiger partial charge in [0.25, 0.3) is 6.17 Å². The van der Waals surface area contributed by atoms with E-state index in [0.717, 1.165) is 16.5 Å². The van der Waals surface area contributed by atoms with Gasteiger partial charge in [0, 0.05) is 22.1 Å². The van der Waals surface area contributed by atoms with Gasteiger partial charge in [0.05, 0.1) is 11.3 Å². The van der Waals surface area contributed by atoms with Crippen molar-refractivity contribution in [1.29, 1.82) is 0 Å². The van der Waals surface area contributed by atoms with E-state index < -0.39 is 6.17 Å². The molecule has 1 amide bonds. The molecule has 1 aliphatic rings. The van der Waals surface area contributed by atoms with Crippen LogP contribution in [0.25, 0.3) is 11.3 Å². The van der Waals surface area contributed by atoms with Crippen molar-refractivity contribution < 1.29 is 9.48 Å². The van der Waals surface area contributed by atoms with Crippen LogP contribution in [0.2, 0.25) is 0 Å². The van der Waals surface area contributed by atoms with Crippen molar-refractivity contribution in [3.8, 4) is 11.3 Å². The number of hydrogen-bond acceptors (Lipinski definition) is 4. The Labute approximate surface area is 181 Å². The zero-order chi connectivity index (χ0) is 20.7. The maximum atomic E-state index is 13.0. The van der Waals surface area contributed by atoms with Gasteiger partial charge in [0.1, 0.15) is 0 Å². The Morgan fingerprint density at radius 3 is 2.62 bits per heavy atom. The average molecular weight is 472 g/mol. The molecule has 1 aromatic heterocycles. The molecule has 1 atom stereocenters. The van der Waals surface area contributed by atoms with E-state index in [1.54, 1.807) is 9.58 Å². The molecule has 1 N–H and O–H groups in total. The van der Waals surface area contributed by atoms with Crippen LogP contribution in [0, 0.1) is 0 Å². The van der Waals surface area contributed by atoms with Crippen molar-refractivity contribution in [3.05, 3.63) is 68.4 Å². The number of aryl methyl sites for hydroxylation is 1. The number of aromatic amines is 1. The molecular formula is C21H20BrN4O2S+. The molecule has 0 radical (unpaired) electrons. The highest BCUT2D eigenvalue weighted by atomic mass is 79.9. The Bertz CT molecular complexity index is 1160. The summed E-state index contributed by atoms with van der Waals surface area (Å²) in [6.45, 7) is 3.63. The lowest BCUT2D eigenvalue weighted by molar-refractivity contribution is -0.763. The molecule has 1 aliphatic heterocycles. The maximum absolute atomic E-state index is 13.0. The van der Waals surface area contributed by atoms with Crippen molar-refractivity contribution in [3.63, 3.8) is 0 Å². The Kier molecular flexibility index (Phi) is 5.31. The van der Waals surface area contributed by atoms with Crippen molar-refractivity contribution in [1.82, 2.24) is 10.1 Å². The number of aromatic nitrogens is 3. The summed E-state index contributed by atoms with van der Waals surface area (Å²) in [5.41, 5.74) is 3.65. The summed E-state index contributed by atoms with van der Waals surface area (Å²) in [7, 11) is 0. The van der Waals surface area contributed by atoms with Gasteiger partial charge in [-0.3, -0.25) is 14.6 Å². The number of benzene rings is 2. The summed E-state index contributed by atoms with van der Waals surface area (Å²) in [5, 5.41) is 5.17. The summed E-state index contributed by atoms with van der Waals surface area (Å²) < 4.78 is 2.49. The first-order valence-electron chi connectivity index (χ1n) is 9.23. The number of hydrogen-bond donors (Lipinski definition) is 1. The first-order valence-corrected chi connectivity index (χ1v) is 11.2. The highest BCUT2D eigenvalue weighted by Gasteiger charge is 2.44. The van der Waals surface area contributed by atoms with Gasteiger partial charge in [-0.1, -0.05) is 46.7 Å². The Hall–Kier alpha value is -2.45. The van der Waals surface area contributed by atoms with Crippen molar-refractivity contribution in [2.75, 3.05) is 11.2 Å². The fourth-order valence-corrected chi connectivity index (χ4v) is 4.38. The predicted octanol–water partition coefficient (Wildman–Crippen LogP) is 3.68. The lowest BCUT2D eigenvalue weighted by Crippen LogP contribution is -2.60. The molecule has 6 nitrogen and oxygen atoms in total. The molecule has 0 saturated heterocycles. The lowest BCUT2D eigenvalue weighted by Gasteiger charge is -2.31. The number of anilines is 1. The lowest BCUT2D eigenvalue weighted by atomic mass is 10.0. The molecule has 2 heterocycles. The number of H-pyrrole nitrogens is 1. The fraction of sp³-hybridized carbons (Fsp3) is 0.238. The molecule has 0 saturated carbocycles. The van der Waals surface area contributed by atoms with Crippen molar-refractivity contribution in [2.24, 2.45) is 0 Å².